The molecule has 3 aromatic rings. The molecule has 0 fully saturated rings. The van der Waals surface area contributed by atoms with Crippen LogP contribution in [0.15, 0.2) is 52.9 Å². The molecule has 4 heteroatoms. The number of aromatic carboxylic acids is 1. The van der Waals surface area contributed by atoms with Gasteiger partial charge in [0.2, 0.25) is 0 Å². The molecule has 0 radical (unpaired) electrons. The fraction of sp³-hybridized carbons (Fsp3) is 0.125. The molecule has 0 aliphatic heterocycles. The first-order chi connectivity index (χ1) is 9.72. The third-order valence-electron chi connectivity index (χ3n) is 3.15. The smallest absolute Gasteiger partial charge is 0.335 e. The number of aryl methyl sites for hydroxylation is 2. The van der Waals surface area contributed by atoms with Crippen molar-refractivity contribution in [3.05, 3.63) is 65.5 Å². The zero-order chi connectivity index (χ0) is 13.9. The van der Waals surface area contributed by atoms with Gasteiger partial charge in [0, 0.05) is 6.42 Å². The average Bonchev–Trinajstić information content (AvgIpc) is 2.88. The standard InChI is InChI=1S/C16H13NO3/c18-16(19)12-7-8-14-13(10-12)17-15(20-14)9-6-11-4-2-1-3-5-11/h1-5,7-8,10H,6,9H2,(H,18,19). The van der Waals surface area contributed by atoms with Gasteiger partial charge in [-0.2, -0.15) is 0 Å². The second-order valence-corrected chi connectivity index (χ2v) is 4.58. The second kappa shape index (κ2) is 5.17. The third-order valence-corrected chi connectivity index (χ3v) is 3.15. The van der Waals surface area contributed by atoms with E-state index < -0.39 is 5.97 Å². The number of oxazole rings is 1. The number of carbonyl (C=O) groups is 1. The quantitative estimate of drug-likeness (QED) is 0.787. The first-order valence-corrected chi connectivity index (χ1v) is 6.39. The first-order valence-electron chi connectivity index (χ1n) is 6.39. The summed E-state index contributed by atoms with van der Waals surface area (Å²) in [5.74, 6) is -0.327. The van der Waals surface area contributed by atoms with Gasteiger partial charge in [0.1, 0.15) is 5.52 Å². The van der Waals surface area contributed by atoms with E-state index in [1.807, 2.05) is 18.2 Å². The molecule has 4 nitrogen and oxygen atoms in total. The minimum Gasteiger partial charge on any atom is -0.478 e. The summed E-state index contributed by atoms with van der Waals surface area (Å²) in [6.07, 6.45) is 1.54. The van der Waals surface area contributed by atoms with Crippen molar-refractivity contribution >= 4 is 17.1 Å². The van der Waals surface area contributed by atoms with Crippen molar-refractivity contribution in [3.63, 3.8) is 0 Å². The number of hydrogen-bond acceptors (Lipinski definition) is 3. The lowest BCUT2D eigenvalue weighted by atomic mass is 10.1. The Morgan fingerprint density at radius 2 is 1.90 bits per heavy atom. The predicted molar refractivity (Wildman–Crippen MR) is 74.8 cm³/mol. The van der Waals surface area contributed by atoms with E-state index in [2.05, 4.69) is 17.1 Å². The molecule has 1 heterocycles. The van der Waals surface area contributed by atoms with Crippen LogP contribution in [-0.4, -0.2) is 16.1 Å². The SMILES string of the molecule is O=C(O)c1ccc2oc(CCc3ccccc3)nc2c1. The molecule has 0 saturated carbocycles. The molecule has 100 valence electrons. The Morgan fingerprint density at radius 1 is 1.10 bits per heavy atom. The fourth-order valence-corrected chi connectivity index (χ4v) is 2.11. The normalized spacial score (nSPS) is 10.8. The van der Waals surface area contributed by atoms with Gasteiger partial charge in [-0.1, -0.05) is 30.3 Å². The topological polar surface area (TPSA) is 63.3 Å². The van der Waals surface area contributed by atoms with Crippen molar-refractivity contribution in [3.8, 4) is 0 Å². The van der Waals surface area contributed by atoms with E-state index >= 15 is 0 Å². The molecule has 1 N–H and O–H groups in total. The summed E-state index contributed by atoms with van der Waals surface area (Å²) < 4.78 is 5.62. The predicted octanol–water partition coefficient (Wildman–Crippen LogP) is 3.31. The number of fused-ring (bicyclic) bond motifs is 1. The Kier molecular flexibility index (Phi) is 3.21. The van der Waals surface area contributed by atoms with Crippen molar-refractivity contribution in [2.45, 2.75) is 12.8 Å². The highest BCUT2D eigenvalue weighted by atomic mass is 16.4. The Labute approximate surface area is 115 Å². The van der Waals surface area contributed by atoms with Crippen LogP contribution in [0.25, 0.3) is 11.1 Å². The van der Waals surface area contributed by atoms with Gasteiger partial charge in [-0.3, -0.25) is 0 Å². The van der Waals surface area contributed by atoms with Gasteiger partial charge in [-0.15, -0.1) is 0 Å². The summed E-state index contributed by atoms with van der Waals surface area (Å²) in [5.41, 5.74) is 2.66. The minimum absolute atomic E-state index is 0.223. The van der Waals surface area contributed by atoms with Crippen LogP contribution in [0.2, 0.25) is 0 Å². The van der Waals surface area contributed by atoms with Crippen LogP contribution in [0.3, 0.4) is 0 Å². The average molecular weight is 267 g/mol. The molecule has 2 aromatic carbocycles. The van der Waals surface area contributed by atoms with Gasteiger partial charge in [0.05, 0.1) is 5.56 Å². The summed E-state index contributed by atoms with van der Waals surface area (Å²) in [5, 5.41) is 8.94. The largest absolute Gasteiger partial charge is 0.478 e. The van der Waals surface area contributed by atoms with Crippen LogP contribution in [0.1, 0.15) is 21.8 Å². The number of carboxylic acids is 1. The first kappa shape index (κ1) is 12.4. The fourth-order valence-electron chi connectivity index (χ4n) is 2.11. The van der Waals surface area contributed by atoms with E-state index in [-0.39, 0.29) is 5.56 Å². The summed E-state index contributed by atoms with van der Waals surface area (Å²) in [6, 6.07) is 14.8. The molecular formula is C16H13NO3. The van der Waals surface area contributed by atoms with E-state index in [4.69, 9.17) is 9.52 Å². The number of aromatic nitrogens is 1. The highest BCUT2D eigenvalue weighted by Gasteiger charge is 2.09. The van der Waals surface area contributed by atoms with E-state index in [0.717, 1.165) is 6.42 Å². The molecule has 0 amide bonds. The van der Waals surface area contributed by atoms with E-state index in [9.17, 15) is 4.79 Å². The number of nitrogens with zero attached hydrogens (tertiary/aromatic N) is 1. The summed E-state index contributed by atoms with van der Waals surface area (Å²) >= 11 is 0. The van der Waals surface area contributed by atoms with Crippen molar-refractivity contribution in [2.75, 3.05) is 0 Å². The third kappa shape index (κ3) is 2.54. The van der Waals surface area contributed by atoms with E-state index in [1.165, 1.54) is 17.7 Å². The van der Waals surface area contributed by atoms with Crippen LogP contribution < -0.4 is 0 Å². The van der Waals surface area contributed by atoms with Gasteiger partial charge in [0.15, 0.2) is 11.5 Å². The van der Waals surface area contributed by atoms with Gasteiger partial charge < -0.3 is 9.52 Å². The number of carboxylic acid groups (broad SMARTS) is 1. The molecule has 0 unspecified atom stereocenters. The number of benzene rings is 2. The second-order valence-electron chi connectivity index (χ2n) is 4.58. The summed E-state index contributed by atoms with van der Waals surface area (Å²) in [7, 11) is 0. The van der Waals surface area contributed by atoms with Crippen LogP contribution in [-0.2, 0) is 12.8 Å². The van der Waals surface area contributed by atoms with Crippen molar-refractivity contribution < 1.29 is 14.3 Å². The van der Waals surface area contributed by atoms with E-state index in [1.54, 1.807) is 6.07 Å². The molecule has 0 aliphatic carbocycles. The lowest BCUT2D eigenvalue weighted by Crippen LogP contribution is -1.94. The Hall–Kier alpha value is -2.62. The highest BCUT2D eigenvalue weighted by molar-refractivity contribution is 5.91. The molecule has 3 rings (SSSR count). The lowest BCUT2D eigenvalue weighted by Gasteiger charge is -1.96. The summed E-state index contributed by atoms with van der Waals surface area (Å²) in [4.78, 5) is 15.2. The Morgan fingerprint density at radius 3 is 2.65 bits per heavy atom. The molecular weight excluding hydrogens is 254 g/mol. The van der Waals surface area contributed by atoms with Crippen molar-refractivity contribution in [1.82, 2.24) is 4.98 Å². The van der Waals surface area contributed by atoms with Crippen molar-refractivity contribution in [2.24, 2.45) is 0 Å². The van der Waals surface area contributed by atoms with Crippen molar-refractivity contribution in [1.29, 1.82) is 0 Å². The lowest BCUT2D eigenvalue weighted by molar-refractivity contribution is 0.0697. The maximum atomic E-state index is 10.9. The monoisotopic (exact) mass is 267 g/mol. The highest BCUT2D eigenvalue weighted by Crippen LogP contribution is 2.18. The Balaban J connectivity index is 1.80. The van der Waals surface area contributed by atoms with Crippen LogP contribution >= 0.6 is 0 Å². The van der Waals surface area contributed by atoms with Gasteiger partial charge in [0.25, 0.3) is 0 Å². The molecule has 0 spiro atoms. The number of hydrogen-bond donors (Lipinski definition) is 1. The zero-order valence-corrected chi connectivity index (χ0v) is 10.7. The van der Waals surface area contributed by atoms with Crippen LogP contribution in [0.4, 0.5) is 0 Å². The minimum atomic E-state index is -0.958. The molecule has 0 saturated heterocycles. The molecule has 0 bridgehead atoms. The van der Waals surface area contributed by atoms with Gasteiger partial charge >= 0.3 is 5.97 Å². The number of rotatable bonds is 4. The Bertz CT molecular complexity index is 747. The van der Waals surface area contributed by atoms with Crippen LogP contribution in [0, 0.1) is 0 Å². The van der Waals surface area contributed by atoms with E-state index in [0.29, 0.717) is 23.4 Å². The molecule has 20 heavy (non-hydrogen) atoms. The van der Waals surface area contributed by atoms with Crippen LogP contribution in [0.5, 0.6) is 0 Å². The maximum absolute atomic E-state index is 10.9. The molecule has 0 atom stereocenters. The van der Waals surface area contributed by atoms with Gasteiger partial charge in [-0.05, 0) is 30.2 Å². The summed E-state index contributed by atoms with van der Waals surface area (Å²) in [6.45, 7) is 0. The zero-order valence-electron chi connectivity index (χ0n) is 10.7. The maximum Gasteiger partial charge on any atom is 0.335 e. The molecule has 1 aromatic heterocycles. The molecule has 0 aliphatic rings. The van der Waals surface area contributed by atoms with Gasteiger partial charge in [-0.25, -0.2) is 9.78 Å².